The highest BCUT2D eigenvalue weighted by Crippen LogP contribution is 1.97. The van der Waals surface area contributed by atoms with Crippen LogP contribution in [0.5, 0.6) is 0 Å². The van der Waals surface area contributed by atoms with Crippen molar-refractivity contribution in [2.75, 3.05) is 0 Å². The van der Waals surface area contributed by atoms with Crippen molar-refractivity contribution >= 4 is 43.8 Å². The first-order valence-corrected chi connectivity index (χ1v) is 2.63. The molecule has 0 aromatic rings. The summed E-state index contributed by atoms with van der Waals surface area (Å²) >= 11 is 5.94. The lowest BCUT2D eigenvalue weighted by Gasteiger charge is -1.55. The highest BCUT2D eigenvalue weighted by atomic mass is 79.9. The molecule has 0 aromatic carbocycles. The van der Waals surface area contributed by atoms with Gasteiger partial charge in [-0.2, -0.15) is 0 Å². The van der Waals surface area contributed by atoms with Crippen molar-refractivity contribution in [3.63, 3.8) is 0 Å². The van der Waals surface area contributed by atoms with Crippen molar-refractivity contribution in [3.8, 4) is 0 Å². The van der Waals surface area contributed by atoms with Crippen LogP contribution < -0.4 is 0 Å². The predicted octanol–water partition coefficient (Wildman–Crippen LogP) is 2.27. The van der Waals surface area contributed by atoms with Crippen LogP contribution in [0.4, 0.5) is 0 Å². The van der Waals surface area contributed by atoms with Crippen LogP contribution in [0.2, 0.25) is 0 Å². The van der Waals surface area contributed by atoms with Gasteiger partial charge in [0.25, 0.3) is 0 Å². The fourth-order valence-corrected chi connectivity index (χ4v) is 0. The van der Waals surface area contributed by atoms with Crippen molar-refractivity contribution in [2.24, 2.45) is 0 Å². The molecule has 0 saturated heterocycles. The first kappa shape index (κ1) is 5.13. The summed E-state index contributed by atoms with van der Waals surface area (Å²) in [5, 5.41) is 0. The number of halogens is 2. The highest BCUT2D eigenvalue weighted by molar-refractivity contribution is 9.40. The van der Waals surface area contributed by atoms with E-state index < -0.39 is 0 Å². The topological polar surface area (TPSA) is 0 Å². The van der Waals surface area contributed by atoms with Crippen LogP contribution in [-0.4, -0.2) is 3.11 Å². The van der Waals surface area contributed by atoms with Crippen LogP contribution in [0.25, 0.3) is 0 Å². The van der Waals surface area contributed by atoms with E-state index in [1.54, 1.807) is 0 Å². The lowest BCUT2D eigenvalue weighted by atomic mass is 12.0. The fourth-order valence-electron chi connectivity index (χ4n) is 0. The number of hydrogen-bond acceptors (Lipinski definition) is 0. The van der Waals surface area contributed by atoms with Crippen molar-refractivity contribution in [3.05, 3.63) is 0 Å². The molecule has 0 spiro atoms. The second-order valence-corrected chi connectivity index (χ2v) is 4.56. The Balaban J connectivity index is 2.80. The van der Waals surface area contributed by atoms with Crippen LogP contribution >= 0.6 is 40.7 Å². The van der Waals surface area contributed by atoms with Crippen LogP contribution in [0.15, 0.2) is 0 Å². The molecule has 23 valence electrons. The van der Waals surface area contributed by atoms with Crippen LogP contribution in [0, 0.1) is 0 Å². The third-order valence-corrected chi connectivity index (χ3v) is 0. The molecule has 0 unspecified atom stereocenters. The van der Waals surface area contributed by atoms with Crippen LogP contribution in [-0.2, 0) is 0 Å². The molecule has 0 aliphatic carbocycles. The van der Waals surface area contributed by atoms with Gasteiger partial charge in [0.2, 0.25) is 0 Å². The molecule has 0 amide bonds. The minimum atomic E-state index is 0.736. The largest absolute Gasteiger partial charge is 0.0919 e. The fraction of sp³-hybridized carbons (Fsp3) is 0. The van der Waals surface area contributed by atoms with Crippen molar-refractivity contribution in [1.29, 1.82) is 0 Å². The van der Waals surface area contributed by atoms with Crippen LogP contribution in [0.1, 0.15) is 0 Å². The van der Waals surface area contributed by atoms with E-state index in [1.807, 2.05) is 0 Å². The standard InChI is InChI=1S/CBr2P/c2-1(3)4. The molecule has 4 heavy (non-hydrogen) atoms. The molecule has 0 N–H and O–H groups in total. The van der Waals surface area contributed by atoms with Gasteiger partial charge in [0.1, 0.15) is 0 Å². The molecule has 0 fully saturated rings. The maximum absolute atomic E-state index is 3.72. The molecule has 0 aliphatic rings. The van der Waals surface area contributed by atoms with Crippen molar-refractivity contribution in [2.45, 2.75) is 0 Å². The molecule has 0 rings (SSSR count). The molecule has 0 aromatic heterocycles. The van der Waals surface area contributed by atoms with Gasteiger partial charge in [-0.05, 0) is 40.7 Å². The third-order valence-electron chi connectivity index (χ3n) is 0. The smallest absolute Gasteiger partial charge is 0.0368 e. The summed E-state index contributed by atoms with van der Waals surface area (Å²) in [6.07, 6.45) is 0. The maximum atomic E-state index is 3.72. The molecular formula is CBr2P. The lowest BCUT2D eigenvalue weighted by molar-refractivity contribution is 4.37. The summed E-state index contributed by atoms with van der Waals surface area (Å²) < 4.78 is 0.736. The van der Waals surface area contributed by atoms with E-state index in [2.05, 4.69) is 40.7 Å². The number of rotatable bonds is 0. The van der Waals surface area contributed by atoms with Gasteiger partial charge in [-0.25, -0.2) is 0 Å². The molecule has 3 heteroatoms. The van der Waals surface area contributed by atoms with Gasteiger partial charge < -0.3 is 0 Å². The predicted molar refractivity (Wildman–Crippen MR) is 29.8 cm³/mol. The quantitative estimate of drug-likeness (QED) is 0.529. The van der Waals surface area contributed by atoms with E-state index in [4.69, 9.17) is 0 Å². The van der Waals surface area contributed by atoms with Crippen molar-refractivity contribution < 1.29 is 0 Å². The minimum absolute atomic E-state index is 0.736. The first-order chi connectivity index (χ1) is 1.73. The zero-order valence-electron chi connectivity index (χ0n) is 1.70. The molecule has 0 nitrogen and oxygen atoms in total. The summed E-state index contributed by atoms with van der Waals surface area (Å²) in [7, 11) is 3.72. The Hall–Kier alpha value is 1.13. The Labute approximate surface area is 44.1 Å². The van der Waals surface area contributed by atoms with Gasteiger partial charge in [0.05, 0.1) is 3.11 Å². The Bertz CT molecular complexity index is 29.0. The SMILES string of the molecule is [P]=C(Br)Br. The van der Waals surface area contributed by atoms with Gasteiger partial charge in [-0.3, -0.25) is 0 Å². The van der Waals surface area contributed by atoms with Gasteiger partial charge in [0, 0.05) is 0 Å². The zero-order valence-corrected chi connectivity index (χ0v) is 5.77. The third kappa shape index (κ3) is 11.1. The Morgan fingerprint density at radius 3 is 1.50 bits per heavy atom. The molecule has 0 aliphatic heterocycles. The van der Waals surface area contributed by atoms with E-state index in [0.29, 0.717) is 0 Å². The molecule has 0 atom stereocenters. The number of hydrogen-bond donors (Lipinski definition) is 0. The molecule has 0 heterocycles. The average Bonchev–Trinajstić information content (AvgIpc) is 0.811. The van der Waals surface area contributed by atoms with Crippen molar-refractivity contribution in [1.82, 2.24) is 0 Å². The van der Waals surface area contributed by atoms with E-state index in [9.17, 15) is 0 Å². The first-order valence-electron chi connectivity index (χ1n) is 0.602. The van der Waals surface area contributed by atoms with Gasteiger partial charge in [-0.1, -0.05) is 0 Å². The molecule has 0 saturated carbocycles. The molecule has 1 radical (unpaired) electrons. The molecular weight excluding hydrogens is 203 g/mol. The Morgan fingerprint density at radius 2 is 1.50 bits per heavy atom. The van der Waals surface area contributed by atoms with Gasteiger partial charge >= 0.3 is 0 Å². The van der Waals surface area contributed by atoms with E-state index in [0.717, 1.165) is 3.11 Å². The van der Waals surface area contributed by atoms with Gasteiger partial charge in [-0.15, -0.1) is 0 Å². The van der Waals surface area contributed by atoms with E-state index in [-0.39, 0.29) is 0 Å². The van der Waals surface area contributed by atoms with E-state index in [1.165, 1.54) is 0 Å². The minimum Gasteiger partial charge on any atom is -0.0368 e. The molecule has 0 bridgehead atoms. The Kier molecular flexibility index (Phi) is 3.04. The summed E-state index contributed by atoms with van der Waals surface area (Å²) in [6, 6.07) is 0. The normalized spacial score (nSPS) is 6.50. The highest BCUT2D eigenvalue weighted by Gasteiger charge is 1.61. The second-order valence-electron chi connectivity index (χ2n) is 0.240. The monoisotopic (exact) mass is 201 g/mol. The summed E-state index contributed by atoms with van der Waals surface area (Å²) in [6.45, 7) is 0. The average molecular weight is 203 g/mol. The summed E-state index contributed by atoms with van der Waals surface area (Å²) in [5.74, 6) is 0. The lowest BCUT2D eigenvalue weighted by Crippen LogP contribution is -1.39. The van der Waals surface area contributed by atoms with E-state index >= 15 is 0 Å². The second kappa shape index (κ2) is 2.37. The van der Waals surface area contributed by atoms with Crippen LogP contribution in [0.3, 0.4) is 0 Å². The zero-order chi connectivity index (χ0) is 3.58. The summed E-state index contributed by atoms with van der Waals surface area (Å²) in [5.41, 5.74) is 0. The Morgan fingerprint density at radius 1 is 1.50 bits per heavy atom. The summed E-state index contributed by atoms with van der Waals surface area (Å²) in [4.78, 5) is 0. The van der Waals surface area contributed by atoms with Gasteiger partial charge in [0.15, 0.2) is 0 Å². The maximum Gasteiger partial charge on any atom is 0.0919 e.